The minimum absolute atomic E-state index is 0.102. The number of epoxide rings is 1. The van der Waals surface area contributed by atoms with Crippen molar-refractivity contribution in [3.63, 3.8) is 0 Å². The fourth-order valence-electron chi connectivity index (χ4n) is 3.55. The monoisotopic (exact) mass is 553 g/mol. The minimum atomic E-state index is -4.60. The molecule has 3 aromatic heterocycles. The zero-order valence-corrected chi connectivity index (χ0v) is 21.6. The van der Waals surface area contributed by atoms with Gasteiger partial charge in [0, 0.05) is 60.3 Å². The molecular weight excluding hydrogens is 527 g/mol. The number of thiazole rings is 1. The van der Waals surface area contributed by atoms with Gasteiger partial charge in [-0.25, -0.2) is 19.7 Å². The molecule has 1 aliphatic rings. The average Bonchev–Trinajstić information content (AvgIpc) is 3.44. The van der Waals surface area contributed by atoms with Crippen molar-refractivity contribution in [1.29, 1.82) is 0 Å². The molecule has 0 saturated carbocycles. The molecule has 2 amide bonds. The first-order valence-corrected chi connectivity index (χ1v) is 12.6. The van der Waals surface area contributed by atoms with Gasteiger partial charge in [0.05, 0.1) is 6.61 Å². The second-order valence-corrected chi connectivity index (χ2v) is 8.83. The van der Waals surface area contributed by atoms with Crippen LogP contribution in [-0.4, -0.2) is 60.7 Å². The van der Waals surface area contributed by atoms with Crippen LogP contribution >= 0.6 is 11.3 Å². The van der Waals surface area contributed by atoms with Gasteiger partial charge in [-0.2, -0.15) is 13.2 Å². The smallest absolute Gasteiger partial charge is 0.434 e. The minimum Gasteiger partial charge on any atom is -0.475 e. The van der Waals surface area contributed by atoms with Gasteiger partial charge in [-0.15, -0.1) is 11.3 Å². The van der Waals surface area contributed by atoms with Gasteiger partial charge >= 0.3 is 12.2 Å². The number of methoxy groups -OCH3 is 1. The Hall–Kier alpha value is -3.33. The van der Waals surface area contributed by atoms with E-state index in [1.807, 2.05) is 6.92 Å². The number of nitrogens with zero attached hydrogens (tertiary/aromatic N) is 3. The number of pyridine rings is 2. The van der Waals surface area contributed by atoms with E-state index in [1.165, 1.54) is 18.5 Å². The summed E-state index contributed by atoms with van der Waals surface area (Å²) in [6, 6.07) is 2.75. The fourth-order valence-corrected chi connectivity index (χ4v) is 4.41. The molecule has 2 N–H and O–H groups in total. The van der Waals surface area contributed by atoms with Gasteiger partial charge in [-0.05, 0) is 26.0 Å². The number of amides is 2. The van der Waals surface area contributed by atoms with Gasteiger partial charge in [-0.3, -0.25) is 5.32 Å². The summed E-state index contributed by atoms with van der Waals surface area (Å²) < 4.78 is 61.9. The fraction of sp³-hybridized carbons (Fsp3) is 0.417. The maximum Gasteiger partial charge on any atom is 0.434 e. The maximum atomic E-state index is 13.3. The van der Waals surface area contributed by atoms with Crippen molar-refractivity contribution in [3.8, 4) is 27.6 Å². The second kappa shape index (κ2) is 12.0. The van der Waals surface area contributed by atoms with Crippen molar-refractivity contribution >= 4 is 23.2 Å². The van der Waals surface area contributed by atoms with E-state index >= 15 is 0 Å². The van der Waals surface area contributed by atoms with Crippen molar-refractivity contribution in [2.75, 3.05) is 38.8 Å². The Morgan fingerprint density at radius 1 is 1.16 bits per heavy atom. The lowest BCUT2D eigenvalue weighted by Gasteiger charge is -2.14. The highest BCUT2D eigenvalue weighted by Crippen LogP contribution is 2.45. The number of aromatic nitrogens is 3. The summed E-state index contributed by atoms with van der Waals surface area (Å²) in [4.78, 5) is 24.6. The molecule has 1 saturated heterocycles. The van der Waals surface area contributed by atoms with Crippen molar-refractivity contribution in [2.24, 2.45) is 0 Å². The topological polar surface area (TPSA) is 120 Å². The van der Waals surface area contributed by atoms with Gasteiger partial charge < -0.3 is 24.3 Å². The Bertz CT molecular complexity index is 1270. The molecule has 0 aromatic carbocycles. The average molecular weight is 554 g/mol. The number of carbonyl (C=O) groups excluding carboxylic acids is 1. The van der Waals surface area contributed by atoms with Crippen LogP contribution in [-0.2, 0) is 20.4 Å². The SMILES string of the molecule is CCNC(=O)Nc1cc(-c2nc(C(F)(F)F)cs2)c(-c2cnc(OCCOC)c(C3OC3OCC)c2)cn1. The Labute approximate surface area is 220 Å². The first kappa shape index (κ1) is 27.7. The van der Waals surface area contributed by atoms with E-state index in [0.29, 0.717) is 47.9 Å². The van der Waals surface area contributed by atoms with Crippen LogP contribution in [0.15, 0.2) is 29.9 Å². The van der Waals surface area contributed by atoms with E-state index in [-0.39, 0.29) is 17.4 Å². The first-order valence-electron chi connectivity index (χ1n) is 11.7. The molecule has 0 radical (unpaired) electrons. The molecule has 0 spiro atoms. The zero-order chi connectivity index (χ0) is 27.3. The standard InChI is InChI=1S/C24H26F3N5O5S/c1-4-28-23(33)32-18-9-14(21-31-17(12-38-21)24(25,26)27)16(11-29-18)13-8-15(19-22(37-19)35-5-2)20(30-10-13)36-7-6-34-3/h8-12,19,22H,4-7H2,1-3H3,(H2,28,29,32,33). The highest BCUT2D eigenvalue weighted by molar-refractivity contribution is 7.13. The number of urea groups is 1. The van der Waals surface area contributed by atoms with Crippen molar-refractivity contribution < 1.29 is 36.9 Å². The third-order valence-electron chi connectivity index (χ3n) is 5.31. The molecule has 2 atom stereocenters. The highest BCUT2D eigenvalue weighted by Gasteiger charge is 2.44. The van der Waals surface area contributed by atoms with Crippen LogP contribution in [0, 0.1) is 0 Å². The Kier molecular flexibility index (Phi) is 8.76. The maximum absolute atomic E-state index is 13.3. The Balaban J connectivity index is 1.76. The number of hydrogen-bond acceptors (Lipinski definition) is 9. The molecule has 3 aromatic rings. The normalized spacial score (nSPS) is 16.8. The van der Waals surface area contributed by atoms with Crippen molar-refractivity contribution in [1.82, 2.24) is 20.3 Å². The highest BCUT2D eigenvalue weighted by atomic mass is 32.1. The third kappa shape index (κ3) is 6.56. The largest absolute Gasteiger partial charge is 0.475 e. The van der Waals surface area contributed by atoms with E-state index in [2.05, 4.69) is 25.6 Å². The van der Waals surface area contributed by atoms with Gasteiger partial charge in [0.25, 0.3) is 0 Å². The molecule has 38 heavy (non-hydrogen) atoms. The van der Waals surface area contributed by atoms with Gasteiger partial charge in [0.1, 0.15) is 23.5 Å². The number of carbonyl (C=O) groups is 1. The summed E-state index contributed by atoms with van der Waals surface area (Å²) in [5.74, 6) is 0.476. The first-order chi connectivity index (χ1) is 18.2. The summed E-state index contributed by atoms with van der Waals surface area (Å²) in [7, 11) is 1.55. The number of rotatable bonds is 11. The van der Waals surface area contributed by atoms with Crippen LogP contribution in [0.1, 0.15) is 31.2 Å². The van der Waals surface area contributed by atoms with E-state index < -0.39 is 30.3 Å². The van der Waals surface area contributed by atoms with Gasteiger partial charge in [-0.1, -0.05) is 0 Å². The van der Waals surface area contributed by atoms with Crippen LogP contribution in [0.5, 0.6) is 5.88 Å². The quantitative estimate of drug-likeness (QED) is 0.255. The Morgan fingerprint density at radius 2 is 1.97 bits per heavy atom. The summed E-state index contributed by atoms with van der Waals surface area (Å²) in [5, 5.41) is 6.20. The van der Waals surface area contributed by atoms with E-state index in [0.717, 1.165) is 16.7 Å². The van der Waals surface area contributed by atoms with Gasteiger partial charge in [0.15, 0.2) is 12.0 Å². The lowest BCUT2D eigenvalue weighted by Crippen LogP contribution is -2.28. The zero-order valence-electron chi connectivity index (χ0n) is 20.8. The predicted octanol–water partition coefficient (Wildman–Crippen LogP) is 4.89. The summed E-state index contributed by atoms with van der Waals surface area (Å²) in [6.07, 6.45) is -2.51. The summed E-state index contributed by atoms with van der Waals surface area (Å²) in [6.45, 7) is 5.05. The van der Waals surface area contributed by atoms with E-state index in [9.17, 15) is 18.0 Å². The molecule has 204 valence electrons. The van der Waals surface area contributed by atoms with Crippen molar-refractivity contribution in [3.05, 3.63) is 41.2 Å². The molecular formula is C24H26F3N5O5S. The van der Waals surface area contributed by atoms with E-state index in [4.69, 9.17) is 18.9 Å². The summed E-state index contributed by atoms with van der Waals surface area (Å²) in [5.41, 5.74) is 0.944. The van der Waals surface area contributed by atoms with E-state index in [1.54, 1.807) is 20.1 Å². The van der Waals surface area contributed by atoms with Crippen molar-refractivity contribution in [2.45, 2.75) is 32.4 Å². The molecule has 1 aliphatic heterocycles. The number of alkyl halides is 3. The number of nitrogens with one attached hydrogen (secondary N) is 2. The lowest BCUT2D eigenvalue weighted by molar-refractivity contribution is -0.140. The molecule has 1 fully saturated rings. The van der Waals surface area contributed by atoms with Gasteiger partial charge in [0.2, 0.25) is 5.88 Å². The van der Waals surface area contributed by atoms with Crippen LogP contribution < -0.4 is 15.4 Å². The molecule has 4 heterocycles. The molecule has 2 unspecified atom stereocenters. The number of anilines is 1. The molecule has 0 bridgehead atoms. The van der Waals surface area contributed by atoms with Crippen LogP contribution in [0.25, 0.3) is 21.7 Å². The molecule has 0 aliphatic carbocycles. The third-order valence-corrected chi connectivity index (χ3v) is 6.19. The second-order valence-electron chi connectivity index (χ2n) is 7.98. The molecule has 14 heteroatoms. The molecule has 4 rings (SSSR count). The lowest BCUT2D eigenvalue weighted by atomic mass is 10.0. The number of ether oxygens (including phenoxy) is 4. The predicted molar refractivity (Wildman–Crippen MR) is 133 cm³/mol. The summed E-state index contributed by atoms with van der Waals surface area (Å²) >= 11 is 0.832. The van der Waals surface area contributed by atoms with Crippen LogP contribution in [0.4, 0.5) is 23.8 Å². The van der Waals surface area contributed by atoms with Crippen LogP contribution in [0.2, 0.25) is 0 Å². The Morgan fingerprint density at radius 3 is 2.66 bits per heavy atom. The van der Waals surface area contributed by atoms with Crippen LogP contribution in [0.3, 0.4) is 0 Å². The number of halogens is 3. The number of hydrogen-bond donors (Lipinski definition) is 2. The molecule has 10 nitrogen and oxygen atoms in total.